The average Bonchev–Trinajstić information content (AvgIpc) is 2.94. The fraction of sp³-hybridized carbons (Fsp3) is 0.278. The zero-order chi connectivity index (χ0) is 14.3. The van der Waals surface area contributed by atoms with Crippen LogP contribution in [0.25, 0.3) is 11.0 Å². The molecular weight excluding hydrogens is 258 g/mol. The van der Waals surface area contributed by atoms with Crippen LogP contribution in [0.3, 0.4) is 0 Å². The number of hydrogen-bond acceptors (Lipinski definition) is 2. The summed E-state index contributed by atoms with van der Waals surface area (Å²) in [5, 5.41) is 3.49. The molecule has 0 bridgehead atoms. The highest BCUT2D eigenvalue weighted by molar-refractivity contribution is 5.74. The van der Waals surface area contributed by atoms with Crippen LogP contribution < -0.4 is 5.32 Å². The molecule has 0 aliphatic heterocycles. The van der Waals surface area contributed by atoms with Gasteiger partial charge in [0.25, 0.3) is 0 Å². The van der Waals surface area contributed by atoms with E-state index < -0.39 is 0 Å². The van der Waals surface area contributed by atoms with Gasteiger partial charge in [0.05, 0.1) is 11.0 Å². The van der Waals surface area contributed by atoms with Crippen LogP contribution in [0.4, 0.5) is 0 Å². The van der Waals surface area contributed by atoms with E-state index in [1.165, 1.54) is 12.0 Å². The number of H-pyrrole nitrogens is 1. The molecule has 0 unspecified atom stereocenters. The number of aryl methyl sites for hydroxylation is 1. The lowest BCUT2D eigenvalue weighted by atomic mass is 10.1. The lowest BCUT2D eigenvalue weighted by Crippen LogP contribution is -2.19. The van der Waals surface area contributed by atoms with Gasteiger partial charge >= 0.3 is 0 Å². The third-order valence-electron chi connectivity index (χ3n) is 3.64. The van der Waals surface area contributed by atoms with E-state index in [0.29, 0.717) is 0 Å². The van der Waals surface area contributed by atoms with E-state index >= 15 is 0 Å². The van der Waals surface area contributed by atoms with Crippen molar-refractivity contribution in [1.29, 1.82) is 0 Å². The van der Waals surface area contributed by atoms with Crippen LogP contribution in [0.15, 0.2) is 54.6 Å². The van der Waals surface area contributed by atoms with Gasteiger partial charge in [0.15, 0.2) is 0 Å². The summed E-state index contributed by atoms with van der Waals surface area (Å²) in [7, 11) is 0. The number of nitrogens with one attached hydrogen (secondary N) is 2. The molecule has 0 radical (unpaired) electrons. The molecule has 3 nitrogen and oxygen atoms in total. The molecule has 3 aromatic rings. The Balaban J connectivity index is 1.36. The van der Waals surface area contributed by atoms with Gasteiger partial charge in [-0.3, -0.25) is 0 Å². The van der Waals surface area contributed by atoms with Crippen molar-refractivity contribution in [2.45, 2.75) is 19.3 Å². The number of benzene rings is 2. The first-order chi connectivity index (χ1) is 10.4. The summed E-state index contributed by atoms with van der Waals surface area (Å²) in [6.45, 7) is 2.02. The Labute approximate surface area is 125 Å². The molecule has 0 saturated heterocycles. The summed E-state index contributed by atoms with van der Waals surface area (Å²) >= 11 is 0. The highest BCUT2D eigenvalue weighted by Crippen LogP contribution is 2.10. The van der Waals surface area contributed by atoms with Gasteiger partial charge in [-0.2, -0.15) is 0 Å². The lowest BCUT2D eigenvalue weighted by molar-refractivity contribution is 0.640. The number of fused-ring (bicyclic) bond motifs is 1. The average molecular weight is 279 g/mol. The SMILES string of the molecule is c1ccc(CCCNCCc2nc3ccccc3[nH]2)cc1. The Morgan fingerprint density at radius 3 is 2.52 bits per heavy atom. The third-order valence-corrected chi connectivity index (χ3v) is 3.64. The summed E-state index contributed by atoms with van der Waals surface area (Å²) in [5.74, 6) is 1.06. The molecule has 2 N–H and O–H groups in total. The summed E-state index contributed by atoms with van der Waals surface area (Å²) in [6.07, 6.45) is 3.25. The summed E-state index contributed by atoms with van der Waals surface area (Å²) in [6, 6.07) is 18.8. The second-order valence-corrected chi connectivity index (χ2v) is 5.29. The number of aromatic amines is 1. The second kappa shape index (κ2) is 7.04. The molecular formula is C18H21N3. The van der Waals surface area contributed by atoms with Crippen molar-refractivity contribution in [2.24, 2.45) is 0 Å². The fourth-order valence-electron chi connectivity index (χ4n) is 2.52. The van der Waals surface area contributed by atoms with E-state index in [2.05, 4.69) is 51.7 Å². The zero-order valence-corrected chi connectivity index (χ0v) is 12.2. The highest BCUT2D eigenvalue weighted by Gasteiger charge is 2.01. The number of aromatic nitrogens is 2. The first-order valence-corrected chi connectivity index (χ1v) is 7.60. The van der Waals surface area contributed by atoms with Gasteiger partial charge in [0, 0.05) is 13.0 Å². The number of imidazole rings is 1. The summed E-state index contributed by atoms with van der Waals surface area (Å²) < 4.78 is 0. The van der Waals surface area contributed by atoms with Crippen LogP contribution in [0.2, 0.25) is 0 Å². The molecule has 3 heteroatoms. The number of rotatable bonds is 7. The molecule has 0 aliphatic carbocycles. The number of hydrogen-bond donors (Lipinski definition) is 2. The quantitative estimate of drug-likeness (QED) is 0.651. The zero-order valence-electron chi connectivity index (χ0n) is 12.2. The van der Waals surface area contributed by atoms with Crippen molar-refractivity contribution in [3.8, 4) is 0 Å². The predicted molar refractivity (Wildman–Crippen MR) is 87.4 cm³/mol. The fourth-order valence-corrected chi connectivity index (χ4v) is 2.52. The minimum absolute atomic E-state index is 0.944. The van der Waals surface area contributed by atoms with E-state index in [-0.39, 0.29) is 0 Å². The van der Waals surface area contributed by atoms with Crippen molar-refractivity contribution in [2.75, 3.05) is 13.1 Å². The molecule has 108 valence electrons. The number of para-hydroxylation sites is 2. The van der Waals surface area contributed by atoms with Crippen LogP contribution >= 0.6 is 0 Å². The van der Waals surface area contributed by atoms with Gasteiger partial charge in [-0.25, -0.2) is 4.98 Å². The highest BCUT2D eigenvalue weighted by atomic mass is 14.9. The molecule has 1 heterocycles. The summed E-state index contributed by atoms with van der Waals surface area (Å²) in [5.41, 5.74) is 3.59. The Hall–Kier alpha value is -2.13. The predicted octanol–water partition coefficient (Wildman–Crippen LogP) is 3.33. The van der Waals surface area contributed by atoms with E-state index in [1.807, 2.05) is 18.2 Å². The Morgan fingerprint density at radius 2 is 1.67 bits per heavy atom. The van der Waals surface area contributed by atoms with E-state index in [0.717, 1.165) is 42.8 Å². The van der Waals surface area contributed by atoms with Crippen molar-refractivity contribution in [3.05, 3.63) is 66.0 Å². The van der Waals surface area contributed by atoms with Crippen LogP contribution in [-0.4, -0.2) is 23.1 Å². The van der Waals surface area contributed by atoms with Gasteiger partial charge in [-0.15, -0.1) is 0 Å². The molecule has 3 rings (SSSR count). The van der Waals surface area contributed by atoms with Gasteiger partial charge in [0.1, 0.15) is 5.82 Å². The van der Waals surface area contributed by atoms with Crippen LogP contribution in [0.5, 0.6) is 0 Å². The molecule has 0 atom stereocenters. The minimum atomic E-state index is 0.944. The largest absolute Gasteiger partial charge is 0.342 e. The molecule has 0 amide bonds. The summed E-state index contributed by atoms with van der Waals surface area (Å²) in [4.78, 5) is 7.94. The van der Waals surface area contributed by atoms with Crippen molar-refractivity contribution < 1.29 is 0 Å². The van der Waals surface area contributed by atoms with Gasteiger partial charge in [-0.1, -0.05) is 42.5 Å². The maximum Gasteiger partial charge on any atom is 0.108 e. The van der Waals surface area contributed by atoms with E-state index in [1.54, 1.807) is 0 Å². The Kier molecular flexibility index (Phi) is 4.64. The normalized spacial score (nSPS) is 11.0. The first kappa shape index (κ1) is 13.8. The third kappa shape index (κ3) is 3.92. The first-order valence-electron chi connectivity index (χ1n) is 7.60. The standard InChI is InChI=1S/C18H21N3/c1-2-7-15(8-3-1)9-6-13-19-14-12-18-20-16-10-4-5-11-17(16)21-18/h1-5,7-8,10-11,19H,6,9,12-14H2,(H,20,21). The molecule has 0 spiro atoms. The minimum Gasteiger partial charge on any atom is -0.342 e. The smallest absolute Gasteiger partial charge is 0.108 e. The van der Waals surface area contributed by atoms with Crippen molar-refractivity contribution in [3.63, 3.8) is 0 Å². The van der Waals surface area contributed by atoms with Crippen LogP contribution in [-0.2, 0) is 12.8 Å². The second-order valence-electron chi connectivity index (χ2n) is 5.29. The van der Waals surface area contributed by atoms with E-state index in [9.17, 15) is 0 Å². The molecule has 0 saturated carbocycles. The molecule has 1 aromatic heterocycles. The van der Waals surface area contributed by atoms with Crippen molar-refractivity contribution in [1.82, 2.24) is 15.3 Å². The maximum absolute atomic E-state index is 4.58. The lowest BCUT2D eigenvalue weighted by Gasteiger charge is -2.03. The number of nitrogens with zero attached hydrogens (tertiary/aromatic N) is 1. The maximum atomic E-state index is 4.58. The van der Waals surface area contributed by atoms with E-state index in [4.69, 9.17) is 0 Å². The van der Waals surface area contributed by atoms with Gasteiger partial charge in [0.2, 0.25) is 0 Å². The Bertz CT molecular complexity index is 640. The molecule has 21 heavy (non-hydrogen) atoms. The van der Waals surface area contributed by atoms with Crippen molar-refractivity contribution >= 4 is 11.0 Å². The van der Waals surface area contributed by atoms with Gasteiger partial charge in [-0.05, 0) is 37.1 Å². The topological polar surface area (TPSA) is 40.7 Å². The van der Waals surface area contributed by atoms with Crippen LogP contribution in [0, 0.1) is 0 Å². The molecule has 2 aromatic carbocycles. The monoisotopic (exact) mass is 279 g/mol. The molecule has 0 aliphatic rings. The Morgan fingerprint density at radius 1 is 0.857 bits per heavy atom. The van der Waals surface area contributed by atoms with Gasteiger partial charge < -0.3 is 10.3 Å². The molecule has 0 fully saturated rings. The van der Waals surface area contributed by atoms with Crippen LogP contribution in [0.1, 0.15) is 17.8 Å².